The first-order valence-electron chi connectivity index (χ1n) is 11.2. The van der Waals surface area contributed by atoms with E-state index in [0.29, 0.717) is 5.69 Å². The van der Waals surface area contributed by atoms with Crippen molar-refractivity contribution in [2.75, 3.05) is 13.6 Å². The molecule has 0 spiro atoms. The predicted octanol–water partition coefficient (Wildman–Crippen LogP) is 4.17. The highest BCUT2D eigenvalue weighted by Gasteiger charge is 2.30. The summed E-state index contributed by atoms with van der Waals surface area (Å²) in [5, 5.41) is 10.1. The third-order valence-corrected chi connectivity index (χ3v) is 6.08. The molecule has 3 aromatic rings. The van der Waals surface area contributed by atoms with Crippen LogP contribution in [0.1, 0.15) is 72.8 Å². The summed E-state index contributed by atoms with van der Waals surface area (Å²) in [6, 6.07) is 8.23. The highest BCUT2D eigenvalue weighted by atomic mass is 16.1. The standard InChI is InChI=1S/C25H32N6O/c1-16-11-18(17-8-9-20(27-13-17)24(32)26-5)12-21(29-16)22-7-6-10-31(22)15-19-14-28-30-23(19)25(2,3)4/h8-9,11-14,22H,6-7,10,15H2,1-5H3,(H,26,32)(H,28,30)/t22-/m0/s1. The second-order valence-corrected chi connectivity index (χ2v) is 9.58. The molecule has 1 atom stereocenters. The number of H-pyrrole nitrogens is 1. The average molecular weight is 433 g/mol. The van der Waals surface area contributed by atoms with Gasteiger partial charge in [0.2, 0.25) is 0 Å². The quantitative estimate of drug-likeness (QED) is 0.632. The van der Waals surface area contributed by atoms with Crippen LogP contribution in [0.4, 0.5) is 0 Å². The van der Waals surface area contributed by atoms with E-state index in [1.54, 1.807) is 19.3 Å². The first-order chi connectivity index (χ1) is 15.3. The maximum absolute atomic E-state index is 11.8. The molecule has 2 N–H and O–H groups in total. The number of nitrogens with one attached hydrogen (secondary N) is 2. The molecular weight excluding hydrogens is 400 g/mol. The van der Waals surface area contributed by atoms with Gasteiger partial charge in [-0.2, -0.15) is 5.10 Å². The molecule has 0 aliphatic carbocycles. The molecule has 0 bridgehead atoms. The highest BCUT2D eigenvalue weighted by Crippen LogP contribution is 2.35. The minimum atomic E-state index is -0.182. The number of pyridine rings is 2. The van der Waals surface area contributed by atoms with Crippen molar-refractivity contribution < 1.29 is 4.79 Å². The maximum atomic E-state index is 11.8. The zero-order chi connectivity index (χ0) is 22.9. The predicted molar refractivity (Wildman–Crippen MR) is 125 cm³/mol. The molecule has 3 aromatic heterocycles. The molecular formula is C25H32N6O. The number of hydrogen-bond acceptors (Lipinski definition) is 5. The lowest BCUT2D eigenvalue weighted by molar-refractivity contribution is 0.0958. The minimum absolute atomic E-state index is 0.0314. The Morgan fingerprint density at radius 3 is 2.72 bits per heavy atom. The smallest absolute Gasteiger partial charge is 0.269 e. The van der Waals surface area contributed by atoms with E-state index in [-0.39, 0.29) is 17.4 Å². The number of hydrogen-bond donors (Lipinski definition) is 2. The van der Waals surface area contributed by atoms with E-state index in [1.807, 2.05) is 19.2 Å². The first-order valence-corrected chi connectivity index (χ1v) is 11.2. The molecule has 1 aliphatic rings. The molecule has 0 unspecified atom stereocenters. The third kappa shape index (κ3) is 4.58. The van der Waals surface area contributed by atoms with Crippen molar-refractivity contribution in [3.8, 4) is 11.1 Å². The number of amides is 1. The number of rotatable bonds is 5. The van der Waals surface area contributed by atoms with Crippen LogP contribution in [0.5, 0.6) is 0 Å². The topological polar surface area (TPSA) is 86.8 Å². The lowest BCUT2D eigenvalue weighted by atomic mass is 9.89. The van der Waals surface area contributed by atoms with Crippen molar-refractivity contribution in [3.63, 3.8) is 0 Å². The molecule has 1 saturated heterocycles. The van der Waals surface area contributed by atoms with Gasteiger partial charge in [0.15, 0.2) is 0 Å². The Kier molecular flexibility index (Phi) is 6.11. The molecule has 4 heterocycles. The molecule has 7 nitrogen and oxygen atoms in total. The van der Waals surface area contributed by atoms with Crippen molar-refractivity contribution >= 4 is 5.91 Å². The summed E-state index contributed by atoms with van der Waals surface area (Å²) in [7, 11) is 1.61. The van der Waals surface area contributed by atoms with Crippen LogP contribution in [0.25, 0.3) is 11.1 Å². The van der Waals surface area contributed by atoms with E-state index in [4.69, 9.17) is 4.98 Å². The molecule has 4 rings (SSSR count). The van der Waals surface area contributed by atoms with Crippen LogP contribution in [0.3, 0.4) is 0 Å². The molecule has 7 heteroatoms. The number of carbonyl (C=O) groups excluding carboxylic acids is 1. The van der Waals surface area contributed by atoms with E-state index in [1.165, 1.54) is 11.3 Å². The Balaban J connectivity index is 1.60. The second kappa shape index (κ2) is 8.82. The van der Waals surface area contributed by atoms with Crippen LogP contribution in [0.2, 0.25) is 0 Å². The SMILES string of the molecule is CNC(=O)c1ccc(-c2cc(C)nc([C@@H]3CCCN3Cc3cn[nH]c3C(C)(C)C)c2)cn1. The molecule has 0 saturated carbocycles. The van der Waals surface area contributed by atoms with E-state index in [2.05, 4.69) is 58.3 Å². The molecule has 0 aromatic carbocycles. The zero-order valence-corrected chi connectivity index (χ0v) is 19.6. The van der Waals surface area contributed by atoms with Gasteiger partial charge in [-0.1, -0.05) is 26.8 Å². The summed E-state index contributed by atoms with van der Waals surface area (Å²) in [6.45, 7) is 10.6. The largest absolute Gasteiger partial charge is 0.354 e. The maximum Gasteiger partial charge on any atom is 0.269 e. The molecule has 1 amide bonds. The van der Waals surface area contributed by atoms with Crippen molar-refractivity contribution in [3.05, 3.63) is 65.0 Å². The van der Waals surface area contributed by atoms with Gasteiger partial charge in [-0.15, -0.1) is 0 Å². The van der Waals surface area contributed by atoms with Crippen LogP contribution in [-0.4, -0.2) is 44.6 Å². The van der Waals surface area contributed by atoms with Crippen LogP contribution < -0.4 is 5.32 Å². The van der Waals surface area contributed by atoms with Crippen molar-refractivity contribution in [2.24, 2.45) is 0 Å². The molecule has 168 valence electrons. The number of aromatic amines is 1. The molecule has 32 heavy (non-hydrogen) atoms. The monoisotopic (exact) mass is 432 g/mol. The molecule has 0 radical (unpaired) electrons. The number of aryl methyl sites for hydroxylation is 1. The summed E-state index contributed by atoms with van der Waals surface area (Å²) in [5.74, 6) is -0.182. The average Bonchev–Trinajstić information content (AvgIpc) is 3.42. The van der Waals surface area contributed by atoms with Gasteiger partial charge < -0.3 is 5.32 Å². The van der Waals surface area contributed by atoms with Gasteiger partial charge in [0, 0.05) is 47.7 Å². The lowest BCUT2D eigenvalue weighted by Gasteiger charge is -2.26. The summed E-state index contributed by atoms with van der Waals surface area (Å²) in [6.07, 6.45) is 5.97. The van der Waals surface area contributed by atoms with E-state index >= 15 is 0 Å². The molecule has 1 fully saturated rings. The number of aromatic nitrogens is 4. The fourth-order valence-electron chi connectivity index (χ4n) is 4.51. The lowest BCUT2D eigenvalue weighted by Crippen LogP contribution is -2.25. The Labute approximate surface area is 189 Å². The van der Waals surface area contributed by atoms with Crippen LogP contribution in [0, 0.1) is 6.92 Å². The summed E-state index contributed by atoms with van der Waals surface area (Å²) in [4.78, 5) is 23.5. The first kappa shape index (κ1) is 22.1. The fraction of sp³-hybridized carbons (Fsp3) is 0.440. The zero-order valence-electron chi connectivity index (χ0n) is 19.6. The Hall–Kier alpha value is -3.06. The normalized spacial score (nSPS) is 17.0. The van der Waals surface area contributed by atoms with Gasteiger partial charge in [0.25, 0.3) is 5.91 Å². The Bertz CT molecular complexity index is 1100. The highest BCUT2D eigenvalue weighted by molar-refractivity contribution is 5.92. The Morgan fingerprint density at radius 1 is 1.22 bits per heavy atom. The molecule has 1 aliphatic heterocycles. The van der Waals surface area contributed by atoms with Gasteiger partial charge in [-0.05, 0) is 50.1 Å². The van der Waals surface area contributed by atoms with Gasteiger partial charge in [0.1, 0.15) is 5.69 Å². The minimum Gasteiger partial charge on any atom is -0.354 e. The number of carbonyl (C=O) groups is 1. The summed E-state index contributed by atoms with van der Waals surface area (Å²) >= 11 is 0. The Morgan fingerprint density at radius 2 is 2.03 bits per heavy atom. The van der Waals surface area contributed by atoms with E-state index in [0.717, 1.165) is 48.4 Å². The van der Waals surface area contributed by atoms with Gasteiger partial charge >= 0.3 is 0 Å². The van der Waals surface area contributed by atoms with Crippen molar-refractivity contribution in [1.29, 1.82) is 0 Å². The van der Waals surface area contributed by atoms with Crippen molar-refractivity contribution in [2.45, 2.75) is 58.5 Å². The van der Waals surface area contributed by atoms with Gasteiger partial charge in [-0.25, -0.2) is 0 Å². The van der Waals surface area contributed by atoms with Gasteiger partial charge in [-0.3, -0.25) is 24.8 Å². The summed E-state index contributed by atoms with van der Waals surface area (Å²) < 4.78 is 0. The number of likely N-dealkylation sites (tertiary alicyclic amines) is 1. The second-order valence-electron chi connectivity index (χ2n) is 9.58. The van der Waals surface area contributed by atoms with Crippen molar-refractivity contribution in [1.82, 2.24) is 30.4 Å². The summed E-state index contributed by atoms with van der Waals surface area (Å²) in [5.41, 5.74) is 7.04. The van der Waals surface area contributed by atoms with E-state index in [9.17, 15) is 4.79 Å². The van der Waals surface area contributed by atoms with E-state index < -0.39 is 0 Å². The fourth-order valence-corrected chi connectivity index (χ4v) is 4.51. The van der Waals surface area contributed by atoms with Crippen LogP contribution in [0.15, 0.2) is 36.7 Å². The number of nitrogens with zero attached hydrogens (tertiary/aromatic N) is 4. The van der Waals surface area contributed by atoms with Crippen LogP contribution >= 0.6 is 0 Å². The third-order valence-electron chi connectivity index (χ3n) is 6.08. The van der Waals surface area contributed by atoms with Crippen LogP contribution in [-0.2, 0) is 12.0 Å². The van der Waals surface area contributed by atoms with Gasteiger partial charge in [0.05, 0.1) is 17.9 Å².